The molecule has 0 radical (unpaired) electrons. The molecule has 2 saturated heterocycles. The molecule has 0 saturated carbocycles. The minimum atomic E-state index is -1.17. The van der Waals surface area contributed by atoms with Gasteiger partial charge in [-0.2, -0.15) is 0 Å². The largest absolute Gasteiger partial charge is 0.478 e. The summed E-state index contributed by atoms with van der Waals surface area (Å²) >= 11 is 12.1. The van der Waals surface area contributed by atoms with Gasteiger partial charge in [0.05, 0.1) is 11.1 Å². The van der Waals surface area contributed by atoms with Gasteiger partial charge in [-0.25, -0.2) is 19.2 Å². The molecule has 3 aromatic carbocycles. The number of likely N-dealkylation sites (tertiary alicyclic amines) is 2. The molecule has 278 valence electrons. The average Bonchev–Trinajstić information content (AvgIpc) is 3.00. The first-order chi connectivity index (χ1) is 24.0. The van der Waals surface area contributed by atoms with Crippen molar-refractivity contribution < 1.29 is 38.9 Å². The molecule has 2 amide bonds. The lowest BCUT2D eigenvalue weighted by Gasteiger charge is -2.56. The number of amides is 2. The molecule has 2 fully saturated rings. The maximum Gasteiger partial charge on any atom is 0.416 e. The zero-order chi connectivity index (χ0) is 38.6. The van der Waals surface area contributed by atoms with Crippen molar-refractivity contribution >= 4 is 47.3 Å². The molecular formula is C40H46Cl2N2O8. The molecule has 2 aliphatic heterocycles. The van der Waals surface area contributed by atoms with Gasteiger partial charge in [-0.05, 0) is 165 Å². The van der Waals surface area contributed by atoms with Gasteiger partial charge >= 0.3 is 24.1 Å². The van der Waals surface area contributed by atoms with E-state index in [9.17, 15) is 29.4 Å². The van der Waals surface area contributed by atoms with E-state index in [0.29, 0.717) is 58.4 Å². The topological polar surface area (TPSA) is 134 Å². The van der Waals surface area contributed by atoms with Crippen LogP contribution in [0.4, 0.5) is 9.59 Å². The van der Waals surface area contributed by atoms with Crippen LogP contribution in [0.5, 0.6) is 11.5 Å². The highest BCUT2D eigenvalue weighted by atomic mass is 35.5. The minimum absolute atomic E-state index is 0.0222. The quantitative estimate of drug-likeness (QED) is 0.254. The van der Waals surface area contributed by atoms with Crippen LogP contribution >= 0.6 is 23.2 Å². The molecule has 2 aliphatic rings. The van der Waals surface area contributed by atoms with E-state index in [1.165, 1.54) is 12.1 Å². The van der Waals surface area contributed by atoms with Crippen molar-refractivity contribution in [2.75, 3.05) is 0 Å². The van der Waals surface area contributed by atoms with Crippen LogP contribution < -0.4 is 9.47 Å². The highest BCUT2D eigenvalue weighted by Crippen LogP contribution is 2.53. The fraction of sp³-hybridized carbons (Fsp3) is 0.450. The molecule has 12 heteroatoms. The van der Waals surface area contributed by atoms with Gasteiger partial charge in [0.15, 0.2) is 0 Å². The number of hydrogen-bond donors (Lipinski definition) is 2. The summed E-state index contributed by atoms with van der Waals surface area (Å²) in [6, 6.07) is 15.7. The van der Waals surface area contributed by atoms with Crippen molar-refractivity contribution in [1.82, 2.24) is 9.80 Å². The van der Waals surface area contributed by atoms with Gasteiger partial charge in [-0.3, -0.25) is 9.80 Å². The lowest BCUT2D eigenvalue weighted by Crippen LogP contribution is -2.63. The van der Waals surface area contributed by atoms with Gasteiger partial charge < -0.3 is 19.7 Å². The molecule has 0 aromatic heterocycles. The van der Waals surface area contributed by atoms with Crippen molar-refractivity contribution in [3.05, 3.63) is 93.0 Å². The molecule has 0 bridgehead atoms. The molecule has 0 unspecified atom stereocenters. The molecule has 0 aliphatic carbocycles. The minimum Gasteiger partial charge on any atom is -0.478 e. The predicted octanol–water partition coefficient (Wildman–Crippen LogP) is 10.3. The second-order valence-electron chi connectivity index (χ2n) is 16.4. The summed E-state index contributed by atoms with van der Waals surface area (Å²) in [6.07, 6.45) is 0.219. The number of ether oxygens (including phenoxy) is 2. The summed E-state index contributed by atoms with van der Waals surface area (Å²) in [5, 5.41) is 22.2. The van der Waals surface area contributed by atoms with Crippen LogP contribution in [0.15, 0.2) is 60.7 Å². The summed E-state index contributed by atoms with van der Waals surface area (Å²) in [7, 11) is 0. The summed E-state index contributed by atoms with van der Waals surface area (Å²) in [5.74, 6) is -2.55. The number of carbonyl (C=O) groups excluding carboxylic acids is 2. The Hall–Kier alpha value is -4.28. The van der Waals surface area contributed by atoms with E-state index < -0.39 is 58.1 Å². The number of hydrogen-bond acceptors (Lipinski definition) is 6. The van der Waals surface area contributed by atoms with Crippen LogP contribution in [-0.2, 0) is 0 Å². The number of nitrogens with zero attached hydrogens (tertiary/aromatic N) is 2. The summed E-state index contributed by atoms with van der Waals surface area (Å²) < 4.78 is 11.6. The summed E-state index contributed by atoms with van der Waals surface area (Å²) in [5.41, 5.74) is -2.40. The van der Waals surface area contributed by atoms with E-state index >= 15 is 0 Å². The van der Waals surface area contributed by atoms with Crippen molar-refractivity contribution in [3.63, 3.8) is 0 Å². The van der Waals surface area contributed by atoms with Gasteiger partial charge in [0.25, 0.3) is 0 Å². The lowest BCUT2D eigenvalue weighted by atomic mass is 9.65. The van der Waals surface area contributed by atoms with Crippen LogP contribution in [0.25, 0.3) is 0 Å². The standard InChI is InChI=1S/C40H46Cl2N2O8/c1-37(2)19-23(20-38(3,4)43(37)35(49)51-27-13-9-25(41)10-14-27)31-29(33(45)46)17-18-30(34(47)48)32(31)24-21-39(5,6)44(40(7,8)22-24)36(50)52-28-15-11-26(42)12-16-28/h9-18,23-24H,19-22H2,1-8H3,(H,45,46)(H,47,48). The number of halogens is 2. The zero-order valence-corrected chi connectivity index (χ0v) is 32.3. The van der Waals surface area contributed by atoms with Crippen LogP contribution in [0.2, 0.25) is 10.0 Å². The predicted molar refractivity (Wildman–Crippen MR) is 199 cm³/mol. The Morgan fingerprint density at radius 1 is 0.538 bits per heavy atom. The van der Waals surface area contributed by atoms with Crippen LogP contribution in [-0.4, -0.2) is 66.3 Å². The third-order valence-electron chi connectivity index (χ3n) is 10.4. The molecule has 10 nitrogen and oxygen atoms in total. The molecule has 2 N–H and O–H groups in total. The van der Waals surface area contributed by atoms with Crippen LogP contribution in [0, 0.1) is 0 Å². The third kappa shape index (κ3) is 7.74. The van der Waals surface area contributed by atoms with Crippen molar-refractivity contribution in [3.8, 4) is 11.5 Å². The molecule has 3 aromatic rings. The molecule has 2 heterocycles. The highest BCUT2D eigenvalue weighted by Gasteiger charge is 2.53. The van der Waals surface area contributed by atoms with Gasteiger partial charge in [-0.1, -0.05) is 23.2 Å². The van der Waals surface area contributed by atoms with Gasteiger partial charge in [0.2, 0.25) is 0 Å². The Morgan fingerprint density at radius 3 is 1.06 bits per heavy atom. The number of carbonyl (C=O) groups is 4. The number of rotatable bonds is 6. The normalized spacial score (nSPS) is 19.5. The second kappa shape index (κ2) is 13.9. The molecule has 0 atom stereocenters. The third-order valence-corrected chi connectivity index (χ3v) is 10.9. The number of carboxylic acids is 2. The van der Waals surface area contributed by atoms with E-state index in [1.54, 1.807) is 58.3 Å². The van der Waals surface area contributed by atoms with E-state index in [4.69, 9.17) is 32.7 Å². The lowest BCUT2D eigenvalue weighted by molar-refractivity contribution is -0.0200. The molecule has 52 heavy (non-hydrogen) atoms. The summed E-state index contributed by atoms with van der Waals surface area (Å²) in [6.45, 7) is 15.2. The van der Waals surface area contributed by atoms with Crippen molar-refractivity contribution in [1.29, 1.82) is 0 Å². The van der Waals surface area contributed by atoms with Gasteiger partial charge in [-0.15, -0.1) is 0 Å². The fourth-order valence-corrected chi connectivity index (χ4v) is 9.40. The number of aromatic carboxylic acids is 2. The first kappa shape index (κ1) is 38.9. The van der Waals surface area contributed by atoms with E-state index in [-0.39, 0.29) is 11.1 Å². The van der Waals surface area contributed by atoms with Crippen LogP contribution in [0.1, 0.15) is 125 Å². The van der Waals surface area contributed by atoms with Gasteiger partial charge in [0.1, 0.15) is 11.5 Å². The smallest absolute Gasteiger partial charge is 0.416 e. The summed E-state index contributed by atoms with van der Waals surface area (Å²) in [4.78, 5) is 56.9. The molecule has 5 rings (SSSR count). The van der Waals surface area contributed by atoms with E-state index in [2.05, 4.69) is 0 Å². The Bertz CT molecular complexity index is 1710. The number of carboxylic acid groups (broad SMARTS) is 2. The van der Waals surface area contributed by atoms with Crippen molar-refractivity contribution in [2.45, 2.75) is 115 Å². The first-order valence-electron chi connectivity index (χ1n) is 17.2. The Balaban J connectivity index is 1.56. The van der Waals surface area contributed by atoms with Crippen molar-refractivity contribution in [2.24, 2.45) is 0 Å². The highest BCUT2D eigenvalue weighted by molar-refractivity contribution is 6.30. The average molecular weight is 754 g/mol. The van der Waals surface area contributed by atoms with E-state index in [1.807, 2.05) is 55.4 Å². The van der Waals surface area contributed by atoms with Gasteiger partial charge in [0, 0.05) is 32.2 Å². The Labute approximate surface area is 314 Å². The maximum absolute atomic E-state index is 13.8. The number of piperidine rings is 2. The van der Waals surface area contributed by atoms with E-state index in [0.717, 1.165) is 0 Å². The fourth-order valence-electron chi connectivity index (χ4n) is 9.14. The Kier molecular flexibility index (Phi) is 10.4. The molecule has 0 spiro atoms. The SMILES string of the molecule is CC1(C)CC(c2c(C(=O)O)ccc(C(=O)O)c2C2CC(C)(C)N(C(=O)Oc3ccc(Cl)cc3)C(C)(C)C2)CC(C)(C)N1C(=O)Oc1ccc(Cl)cc1. The molecular weight excluding hydrogens is 707 g/mol. The monoisotopic (exact) mass is 752 g/mol. The maximum atomic E-state index is 13.8. The van der Waals surface area contributed by atoms with Crippen LogP contribution in [0.3, 0.4) is 0 Å². The first-order valence-corrected chi connectivity index (χ1v) is 18.0. The zero-order valence-electron chi connectivity index (χ0n) is 30.8. The number of benzene rings is 3. The Morgan fingerprint density at radius 2 is 0.808 bits per heavy atom. The second-order valence-corrected chi connectivity index (χ2v) is 17.2.